The number of halogens is 1. The van der Waals surface area contributed by atoms with E-state index in [1.165, 1.54) is 6.07 Å². The van der Waals surface area contributed by atoms with Crippen LogP contribution in [0.5, 0.6) is 5.75 Å². The molecule has 2 N–H and O–H groups in total. The Hall–Kier alpha value is -1.12. The third kappa shape index (κ3) is 3.60. The number of carbonyl (C=O) groups is 1. The van der Waals surface area contributed by atoms with Gasteiger partial charge in [-0.3, -0.25) is 4.79 Å². The molecule has 1 aromatic carbocycles. The molecule has 132 valence electrons. The van der Waals surface area contributed by atoms with Gasteiger partial charge in [-0.05, 0) is 31.4 Å². The summed E-state index contributed by atoms with van der Waals surface area (Å²) in [6, 6.07) is 3.13. The Bertz CT molecular complexity index is 745. The highest BCUT2D eigenvalue weighted by molar-refractivity contribution is 9.10. The zero-order valence-corrected chi connectivity index (χ0v) is 15.9. The van der Waals surface area contributed by atoms with Crippen molar-refractivity contribution in [2.24, 2.45) is 0 Å². The lowest BCUT2D eigenvalue weighted by atomic mass is 9.96. The molecule has 24 heavy (non-hydrogen) atoms. The fourth-order valence-electron chi connectivity index (χ4n) is 3.16. The van der Waals surface area contributed by atoms with Gasteiger partial charge in [-0.1, -0.05) is 42.1 Å². The monoisotopic (exact) mass is 416 g/mol. The molecular weight excluding hydrogens is 396 g/mol. The van der Waals surface area contributed by atoms with Crippen molar-refractivity contribution in [1.82, 2.24) is 4.72 Å². The Morgan fingerprint density at radius 1 is 1.29 bits per heavy atom. The topological polar surface area (TPSA) is 84.5 Å². The highest BCUT2D eigenvalue weighted by Gasteiger charge is 2.33. The molecule has 6 nitrogen and oxygen atoms in total. The van der Waals surface area contributed by atoms with Crippen LogP contribution in [-0.4, -0.2) is 26.5 Å². The molecule has 0 radical (unpaired) electrons. The molecule has 1 saturated carbocycles. The predicted molar refractivity (Wildman–Crippen MR) is 94.7 cm³/mol. The molecule has 0 saturated heterocycles. The molecule has 1 amide bonds. The lowest BCUT2D eigenvalue weighted by molar-refractivity contribution is -0.123. The number of hydrogen-bond donors (Lipinski definition) is 2. The lowest BCUT2D eigenvalue weighted by Crippen LogP contribution is -2.39. The molecule has 1 fully saturated rings. The average molecular weight is 417 g/mol. The maximum Gasteiger partial charge on any atom is 0.265 e. The van der Waals surface area contributed by atoms with Gasteiger partial charge >= 0.3 is 0 Å². The molecule has 3 rings (SSSR count). The van der Waals surface area contributed by atoms with Gasteiger partial charge in [-0.25, -0.2) is 13.1 Å². The molecular formula is C16H21BrN2O4S. The zero-order valence-electron chi connectivity index (χ0n) is 13.5. The Morgan fingerprint density at radius 2 is 2.00 bits per heavy atom. The molecule has 0 spiro atoms. The van der Waals surface area contributed by atoms with Gasteiger partial charge in [0.15, 0.2) is 11.9 Å². The number of benzene rings is 1. The van der Waals surface area contributed by atoms with Crippen molar-refractivity contribution in [2.75, 3.05) is 5.32 Å². The number of ether oxygens (including phenoxy) is 1. The van der Waals surface area contributed by atoms with Gasteiger partial charge < -0.3 is 10.1 Å². The van der Waals surface area contributed by atoms with Crippen LogP contribution in [0, 0.1) is 0 Å². The van der Waals surface area contributed by atoms with Crippen molar-refractivity contribution >= 4 is 37.5 Å². The van der Waals surface area contributed by atoms with E-state index in [-0.39, 0.29) is 22.6 Å². The minimum absolute atomic E-state index is 0.0430. The summed E-state index contributed by atoms with van der Waals surface area (Å²) in [6.45, 7) is 1.82. The number of carbonyl (C=O) groups excluding carboxylic acids is 1. The van der Waals surface area contributed by atoms with Crippen LogP contribution < -0.4 is 14.8 Å². The summed E-state index contributed by atoms with van der Waals surface area (Å²) in [6.07, 6.45) is 4.72. The molecule has 1 aliphatic carbocycles. The molecule has 1 aliphatic heterocycles. The Morgan fingerprint density at radius 3 is 2.67 bits per heavy atom. The van der Waals surface area contributed by atoms with Crippen molar-refractivity contribution < 1.29 is 17.9 Å². The van der Waals surface area contributed by atoms with Gasteiger partial charge in [0.1, 0.15) is 4.90 Å². The highest BCUT2D eigenvalue weighted by Crippen LogP contribution is 2.39. The quantitative estimate of drug-likeness (QED) is 0.788. The van der Waals surface area contributed by atoms with Crippen LogP contribution in [0.2, 0.25) is 0 Å². The summed E-state index contributed by atoms with van der Waals surface area (Å²) in [5.74, 6) is -0.0420. The fraction of sp³-hybridized carbons (Fsp3) is 0.562. The second-order valence-electron chi connectivity index (χ2n) is 6.24. The Labute approximate surface area is 150 Å². The van der Waals surface area contributed by atoms with Crippen LogP contribution in [0.3, 0.4) is 0 Å². The standard InChI is InChI=1S/C16H21BrN2O4S/c1-2-13-16(20)18-12-8-10(17)9-14(15(12)23-13)24(21,22)19-11-6-4-3-5-7-11/h8-9,11,13,19H,2-7H2,1H3,(H,18,20). The van der Waals surface area contributed by atoms with Crippen LogP contribution >= 0.6 is 15.9 Å². The van der Waals surface area contributed by atoms with Crippen molar-refractivity contribution in [3.63, 3.8) is 0 Å². The maximum absolute atomic E-state index is 12.9. The first-order chi connectivity index (χ1) is 11.4. The van der Waals surface area contributed by atoms with Crippen molar-refractivity contribution in [3.8, 4) is 5.75 Å². The molecule has 0 bridgehead atoms. The molecule has 1 aromatic rings. The van der Waals surface area contributed by atoms with E-state index >= 15 is 0 Å². The van der Waals surface area contributed by atoms with Gasteiger partial charge in [-0.15, -0.1) is 0 Å². The molecule has 1 heterocycles. The SMILES string of the molecule is CCC1Oc2c(cc(Br)cc2S(=O)(=O)NC2CCCCC2)NC1=O. The first kappa shape index (κ1) is 17.7. The third-order valence-corrected chi connectivity index (χ3v) is 6.40. The Balaban J connectivity index is 1.96. The second kappa shape index (κ2) is 7.01. The Kier molecular flexibility index (Phi) is 5.17. The van der Waals surface area contributed by atoms with Crippen LogP contribution in [0.15, 0.2) is 21.5 Å². The number of nitrogens with one attached hydrogen (secondary N) is 2. The molecule has 1 unspecified atom stereocenters. The van der Waals surface area contributed by atoms with E-state index in [9.17, 15) is 13.2 Å². The lowest BCUT2D eigenvalue weighted by Gasteiger charge is -2.28. The molecule has 0 aromatic heterocycles. The van der Waals surface area contributed by atoms with E-state index in [1.54, 1.807) is 6.07 Å². The summed E-state index contributed by atoms with van der Waals surface area (Å²) >= 11 is 3.31. The van der Waals surface area contributed by atoms with E-state index in [4.69, 9.17) is 4.74 Å². The minimum atomic E-state index is -3.73. The number of fused-ring (bicyclic) bond motifs is 1. The minimum Gasteiger partial charge on any atom is -0.477 e. The predicted octanol–water partition coefficient (Wildman–Crippen LogP) is 3.17. The summed E-state index contributed by atoms with van der Waals surface area (Å²) in [7, 11) is -3.73. The molecule has 2 aliphatic rings. The van der Waals surface area contributed by atoms with Crippen molar-refractivity contribution in [1.29, 1.82) is 0 Å². The van der Waals surface area contributed by atoms with Gasteiger partial charge in [-0.2, -0.15) is 0 Å². The van der Waals surface area contributed by atoms with Gasteiger partial charge in [0.05, 0.1) is 5.69 Å². The van der Waals surface area contributed by atoms with Crippen LogP contribution in [0.1, 0.15) is 45.4 Å². The fourth-order valence-corrected chi connectivity index (χ4v) is 5.26. The van der Waals surface area contributed by atoms with Crippen molar-refractivity contribution in [2.45, 2.75) is 62.5 Å². The van der Waals surface area contributed by atoms with Gasteiger partial charge in [0.25, 0.3) is 5.91 Å². The molecule has 1 atom stereocenters. The van der Waals surface area contributed by atoms with Crippen molar-refractivity contribution in [3.05, 3.63) is 16.6 Å². The number of anilines is 1. The van der Waals surface area contributed by atoms with E-state index in [0.717, 1.165) is 32.1 Å². The van der Waals surface area contributed by atoms with Crippen LogP contribution in [-0.2, 0) is 14.8 Å². The summed E-state index contributed by atoms with van der Waals surface area (Å²) in [4.78, 5) is 12.0. The number of rotatable bonds is 4. The zero-order chi connectivity index (χ0) is 17.3. The third-order valence-electron chi connectivity index (χ3n) is 4.42. The van der Waals surface area contributed by atoms with Gasteiger partial charge in [0.2, 0.25) is 10.0 Å². The van der Waals surface area contributed by atoms with E-state index in [2.05, 4.69) is 26.0 Å². The second-order valence-corrected chi connectivity index (χ2v) is 8.84. The normalized spacial score (nSPS) is 21.8. The first-order valence-corrected chi connectivity index (χ1v) is 10.5. The van der Waals surface area contributed by atoms with E-state index in [1.807, 2.05) is 6.92 Å². The van der Waals surface area contributed by atoms with Crippen LogP contribution in [0.25, 0.3) is 0 Å². The highest BCUT2D eigenvalue weighted by atomic mass is 79.9. The number of sulfonamides is 1. The smallest absolute Gasteiger partial charge is 0.265 e. The summed E-state index contributed by atoms with van der Waals surface area (Å²) < 4.78 is 34.8. The first-order valence-electron chi connectivity index (χ1n) is 8.24. The molecule has 8 heteroatoms. The van der Waals surface area contributed by atoms with Crippen LogP contribution in [0.4, 0.5) is 5.69 Å². The largest absolute Gasteiger partial charge is 0.477 e. The van der Waals surface area contributed by atoms with Gasteiger partial charge in [0, 0.05) is 10.5 Å². The number of hydrogen-bond acceptors (Lipinski definition) is 4. The van der Waals surface area contributed by atoms with E-state index in [0.29, 0.717) is 16.6 Å². The average Bonchev–Trinajstić information content (AvgIpc) is 2.54. The van der Waals surface area contributed by atoms with E-state index < -0.39 is 16.1 Å². The summed E-state index contributed by atoms with van der Waals surface area (Å²) in [5.41, 5.74) is 0.378. The number of amides is 1. The maximum atomic E-state index is 12.9. The summed E-state index contributed by atoms with van der Waals surface area (Å²) in [5, 5.41) is 2.73.